The summed E-state index contributed by atoms with van der Waals surface area (Å²) in [6, 6.07) is 0. The van der Waals surface area contributed by atoms with Crippen molar-refractivity contribution in [3.8, 4) is 11.2 Å². The number of thiol groups is 1. The maximum Gasteiger partial charge on any atom is 0.00975 e. The first kappa shape index (κ1) is 14.9. The molecule has 0 N–H and O–H groups in total. The third kappa shape index (κ3) is 13.9. The van der Waals surface area contributed by atoms with Crippen molar-refractivity contribution in [3.05, 3.63) is 0 Å². The number of unbranched alkanes of at least 4 members (excludes halogenated alkanes) is 10. The maximum absolute atomic E-state index is 3.86. The van der Waals surface area contributed by atoms with Crippen LogP contribution in [0.25, 0.3) is 0 Å². The predicted molar refractivity (Wildman–Crippen MR) is 73.2 cm³/mol. The fourth-order valence-electron chi connectivity index (χ4n) is 1.76. The SMILES string of the molecule is CCCCCCCCCCCCC#CS. The largest absolute Gasteiger partial charge is 0.0922 e. The maximum atomic E-state index is 3.86. The minimum absolute atomic E-state index is 1.03. The summed E-state index contributed by atoms with van der Waals surface area (Å²) in [7, 11) is 0. The lowest BCUT2D eigenvalue weighted by atomic mass is 10.1. The summed E-state index contributed by atoms with van der Waals surface area (Å²) in [5.41, 5.74) is 0. The molecule has 0 heterocycles. The van der Waals surface area contributed by atoms with Gasteiger partial charge in [0.25, 0.3) is 0 Å². The van der Waals surface area contributed by atoms with Crippen molar-refractivity contribution >= 4 is 12.6 Å². The fourth-order valence-corrected chi connectivity index (χ4v) is 1.87. The zero-order chi connectivity index (χ0) is 11.2. The average Bonchev–Trinajstić information content (AvgIpc) is 2.26. The molecule has 0 atom stereocenters. The lowest BCUT2D eigenvalue weighted by Gasteiger charge is -2.00. The average molecular weight is 226 g/mol. The van der Waals surface area contributed by atoms with Crippen molar-refractivity contribution in [2.24, 2.45) is 0 Å². The van der Waals surface area contributed by atoms with Gasteiger partial charge >= 0.3 is 0 Å². The first-order chi connectivity index (χ1) is 7.41. The van der Waals surface area contributed by atoms with Crippen LogP contribution >= 0.6 is 12.6 Å². The Morgan fingerprint density at radius 3 is 1.67 bits per heavy atom. The molecule has 0 saturated carbocycles. The summed E-state index contributed by atoms with van der Waals surface area (Å²) in [5, 5.41) is 2.64. The topological polar surface area (TPSA) is 0 Å². The van der Waals surface area contributed by atoms with Gasteiger partial charge in [-0.25, -0.2) is 0 Å². The molecule has 0 aliphatic heterocycles. The van der Waals surface area contributed by atoms with Crippen molar-refractivity contribution in [1.82, 2.24) is 0 Å². The second-order valence-corrected chi connectivity index (χ2v) is 4.44. The molecule has 0 aromatic heterocycles. The molecule has 0 aliphatic rings. The van der Waals surface area contributed by atoms with Gasteiger partial charge in [0.1, 0.15) is 0 Å². The van der Waals surface area contributed by atoms with Gasteiger partial charge in [0, 0.05) is 6.42 Å². The van der Waals surface area contributed by atoms with E-state index in [0.717, 1.165) is 6.42 Å². The normalized spacial score (nSPS) is 9.73. The number of hydrogen-bond donors (Lipinski definition) is 1. The van der Waals surface area contributed by atoms with E-state index >= 15 is 0 Å². The minimum atomic E-state index is 1.03. The highest BCUT2D eigenvalue weighted by molar-refractivity contribution is 7.85. The van der Waals surface area contributed by atoms with E-state index in [1.54, 1.807) is 0 Å². The fraction of sp³-hybridized carbons (Fsp3) is 0.857. The summed E-state index contributed by atoms with van der Waals surface area (Å²) in [5.74, 6) is 2.99. The van der Waals surface area contributed by atoms with Gasteiger partial charge < -0.3 is 0 Å². The van der Waals surface area contributed by atoms with Gasteiger partial charge in [-0.05, 0) is 11.7 Å². The number of hydrogen-bond acceptors (Lipinski definition) is 1. The second-order valence-electron chi connectivity index (χ2n) is 4.22. The minimum Gasteiger partial charge on any atom is -0.0922 e. The van der Waals surface area contributed by atoms with Gasteiger partial charge in [0.05, 0.1) is 0 Å². The molecule has 0 fully saturated rings. The molecule has 0 radical (unpaired) electrons. The molecule has 0 spiro atoms. The van der Waals surface area contributed by atoms with E-state index in [4.69, 9.17) is 0 Å². The summed E-state index contributed by atoms with van der Waals surface area (Å²) in [6.07, 6.45) is 15.0. The van der Waals surface area contributed by atoms with Crippen LogP contribution in [0.5, 0.6) is 0 Å². The van der Waals surface area contributed by atoms with Crippen LogP contribution < -0.4 is 0 Å². The second kappa shape index (κ2) is 13.9. The van der Waals surface area contributed by atoms with Crippen LogP contribution in [0.2, 0.25) is 0 Å². The van der Waals surface area contributed by atoms with Crippen molar-refractivity contribution in [2.45, 2.75) is 77.6 Å². The molecule has 0 aliphatic carbocycles. The molecule has 88 valence electrons. The van der Waals surface area contributed by atoms with Gasteiger partial charge in [-0.1, -0.05) is 83.3 Å². The van der Waals surface area contributed by atoms with Crippen LogP contribution in [0.3, 0.4) is 0 Å². The lowest BCUT2D eigenvalue weighted by Crippen LogP contribution is -1.81. The van der Waals surface area contributed by atoms with Crippen molar-refractivity contribution in [3.63, 3.8) is 0 Å². The Morgan fingerprint density at radius 1 is 0.733 bits per heavy atom. The summed E-state index contributed by atoms with van der Waals surface area (Å²) in [4.78, 5) is 0. The molecule has 0 bridgehead atoms. The van der Waals surface area contributed by atoms with Crippen molar-refractivity contribution in [1.29, 1.82) is 0 Å². The van der Waals surface area contributed by atoms with Gasteiger partial charge in [-0.2, -0.15) is 0 Å². The Hall–Kier alpha value is -0.0900. The van der Waals surface area contributed by atoms with E-state index in [0.29, 0.717) is 0 Å². The van der Waals surface area contributed by atoms with Crippen molar-refractivity contribution < 1.29 is 0 Å². The molecule has 0 saturated heterocycles. The molecular weight excluding hydrogens is 200 g/mol. The van der Waals surface area contributed by atoms with Crippen LogP contribution in [0.1, 0.15) is 77.6 Å². The van der Waals surface area contributed by atoms with Crippen LogP contribution in [-0.2, 0) is 0 Å². The van der Waals surface area contributed by atoms with E-state index in [9.17, 15) is 0 Å². The van der Waals surface area contributed by atoms with Crippen LogP contribution in [-0.4, -0.2) is 0 Å². The Morgan fingerprint density at radius 2 is 1.20 bits per heavy atom. The smallest absolute Gasteiger partial charge is 0.00975 e. The van der Waals surface area contributed by atoms with E-state index in [-0.39, 0.29) is 0 Å². The Kier molecular flexibility index (Phi) is 13.8. The molecule has 1 heteroatoms. The van der Waals surface area contributed by atoms with E-state index < -0.39 is 0 Å². The Labute approximate surface area is 102 Å². The highest BCUT2D eigenvalue weighted by Gasteiger charge is 1.91. The van der Waals surface area contributed by atoms with Gasteiger partial charge in [-0.3, -0.25) is 0 Å². The molecule has 15 heavy (non-hydrogen) atoms. The summed E-state index contributed by atoms with van der Waals surface area (Å²) in [6.45, 7) is 2.27. The van der Waals surface area contributed by atoms with Crippen LogP contribution in [0, 0.1) is 11.2 Å². The zero-order valence-corrected chi connectivity index (χ0v) is 11.1. The molecular formula is C14H26S. The Balaban J connectivity index is 2.88. The molecule has 0 unspecified atom stereocenters. The summed E-state index contributed by atoms with van der Waals surface area (Å²) < 4.78 is 0. The molecule has 0 amide bonds. The highest BCUT2D eigenvalue weighted by atomic mass is 32.1. The van der Waals surface area contributed by atoms with Gasteiger partial charge in [0.15, 0.2) is 0 Å². The predicted octanol–water partition coefficient (Wildman–Crippen LogP) is 5.19. The van der Waals surface area contributed by atoms with Crippen LogP contribution in [0.4, 0.5) is 0 Å². The molecule has 0 aromatic rings. The Bertz CT molecular complexity index is 164. The van der Waals surface area contributed by atoms with E-state index in [1.165, 1.54) is 64.2 Å². The molecule has 0 nitrogen and oxygen atoms in total. The van der Waals surface area contributed by atoms with E-state index in [2.05, 4.69) is 30.7 Å². The summed E-state index contributed by atoms with van der Waals surface area (Å²) >= 11 is 3.86. The third-order valence-electron chi connectivity index (χ3n) is 2.73. The van der Waals surface area contributed by atoms with Gasteiger partial charge in [0.2, 0.25) is 0 Å². The quantitative estimate of drug-likeness (QED) is 0.296. The zero-order valence-electron chi connectivity index (χ0n) is 10.2. The lowest BCUT2D eigenvalue weighted by molar-refractivity contribution is 0.558. The van der Waals surface area contributed by atoms with E-state index in [1.807, 2.05) is 0 Å². The standard InChI is InChI=1S/C14H26S/c1-2-3-4-5-6-7-8-9-10-11-12-13-14-15/h15H,2-12H2,1H3. The first-order valence-electron chi connectivity index (χ1n) is 6.53. The third-order valence-corrected chi connectivity index (χ3v) is 2.89. The van der Waals surface area contributed by atoms with Crippen molar-refractivity contribution in [2.75, 3.05) is 0 Å². The van der Waals surface area contributed by atoms with Gasteiger partial charge in [-0.15, -0.1) is 0 Å². The van der Waals surface area contributed by atoms with Crippen LogP contribution in [0.15, 0.2) is 0 Å². The molecule has 0 aromatic carbocycles. The number of rotatable bonds is 10. The highest BCUT2D eigenvalue weighted by Crippen LogP contribution is 2.10. The molecule has 0 rings (SSSR count). The monoisotopic (exact) mass is 226 g/mol. The first-order valence-corrected chi connectivity index (χ1v) is 6.98.